The Morgan fingerprint density at radius 1 is 1.25 bits per heavy atom. The van der Waals surface area contributed by atoms with Crippen LogP contribution in [-0.2, 0) is 4.79 Å². The Balaban J connectivity index is 2.23. The normalized spacial score (nSPS) is 16.8. The zero-order valence-corrected chi connectivity index (χ0v) is 11.7. The number of methoxy groups -OCH3 is 2. The minimum absolute atomic E-state index is 0.0457. The number of nitrogens with one attached hydrogen (secondary N) is 1. The molecule has 0 aliphatic heterocycles. The van der Waals surface area contributed by atoms with Gasteiger partial charge in [0.15, 0.2) is 17.3 Å². The summed E-state index contributed by atoms with van der Waals surface area (Å²) in [5.41, 5.74) is 5.18. The van der Waals surface area contributed by atoms with E-state index in [-0.39, 0.29) is 17.3 Å². The largest absolute Gasteiger partial charge is 0.493 e. The molecule has 5 nitrogen and oxygen atoms in total. The van der Waals surface area contributed by atoms with E-state index in [0.717, 1.165) is 12.8 Å². The molecule has 110 valence electrons. The first kappa shape index (κ1) is 14.6. The molecule has 2 rings (SSSR count). The molecule has 0 atom stereocenters. The summed E-state index contributed by atoms with van der Waals surface area (Å²) in [7, 11) is 2.87. The highest BCUT2D eigenvalue weighted by atomic mass is 19.1. The summed E-state index contributed by atoms with van der Waals surface area (Å²) in [5.74, 6) is -0.327. The summed E-state index contributed by atoms with van der Waals surface area (Å²) in [4.78, 5) is 12.2. The number of carbonyl (C=O) groups is 1. The lowest BCUT2D eigenvalue weighted by Crippen LogP contribution is -2.48. The third-order valence-electron chi connectivity index (χ3n) is 3.67. The van der Waals surface area contributed by atoms with Crippen molar-refractivity contribution in [2.45, 2.75) is 31.2 Å². The SMILES string of the molecule is COc1cc(F)c(NC(=O)C2(N)CCCC2)cc1OC. The maximum absolute atomic E-state index is 13.9. The van der Waals surface area contributed by atoms with Crippen LogP contribution >= 0.6 is 0 Å². The quantitative estimate of drug-likeness (QED) is 0.886. The molecule has 0 saturated heterocycles. The van der Waals surface area contributed by atoms with Crippen LogP contribution in [0.25, 0.3) is 0 Å². The van der Waals surface area contributed by atoms with E-state index in [2.05, 4.69) is 5.32 Å². The van der Waals surface area contributed by atoms with Crippen LogP contribution in [0.4, 0.5) is 10.1 Å². The molecule has 3 N–H and O–H groups in total. The highest BCUT2D eigenvalue weighted by Gasteiger charge is 2.37. The molecule has 1 aliphatic rings. The van der Waals surface area contributed by atoms with Gasteiger partial charge < -0.3 is 20.5 Å². The molecule has 0 unspecified atom stereocenters. The number of nitrogens with two attached hydrogens (primary N) is 1. The van der Waals surface area contributed by atoms with Crippen molar-refractivity contribution < 1.29 is 18.7 Å². The molecule has 1 aliphatic carbocycles. The monoisotopic (exact) mass is 282 g/mol. The fraction of sp³-hybridized carbons (Fsp3) is 0.500. The lowest BCUT2D eigenvalue weighted by atomic mass is 9.98. The number of hydrogen-bond donors (Lipinski definition) is 2. The van der Waals surface area contributed by atoms with E-state index >= 15 is 0 Å². The lowest BCUT2D eigenvalue weighted by molar-refractivity contribution is -0.121. The Hall–Kier alpha value is -1.82. The fourth-order valence-electron chi connectivity index (χ4n) is 2.43. The fourth-order valence-corrected chi connectivity index (χ4v) is 2.43. The molecule has 0 spiro atoms. The number of carbonyl (C=O) groups excluding carboxylic acids is 1. The minimum atomic E-state index is -0.903. The molecule has 0 bridgehead atoms. The molecule has 1 amide bonds. The Labute approximate surface area is 117 Å². The maximum atomic E-state index is 13.9. The number of benzene rings is 1. The molecule has 0 aromatic heterocycles. The molecule has 0 heterocycles. The van der Waals surface area contributed by atoms with Crippen molar-refractivity contribution in [3.8, 4) is 11.5 Å². The summed E-state index contributed by atoms with van der Waals surface area (Å²) in [5, 5.41) is 2.54. The summed E-state index contributed by atoms with van der Waals surface area (Å²) >= 11 is 0. The zero-order valence-electron chi connectivity index (χ0n) is 11.7. The van der Waals surface area contributed by atoms with Crippen molar-refractivity contribution in [1.29, 1.82) is 0 Å². The van der Waals surface area contributed by atoms with Crippen molar-refractivity contribution >= 4 is 11.6 Å². The first-order valence-electron chi connectivity index (χ1n) is 6.52. The van der Waals surface area contributed by atoms with Gasteiger partial charge in [0.05, 0.1) is 25.4 Å². The van der Waals surface area contributed by atoms with Gasteiger partial charge in [0, 0.05) is 12.1 Å². The predicted molar refractivity (Wildman–Crippen MR) is 73.5 cm³/mol. The van der Waals surface area contributed by atoms with Gasteiger partial charge in [0.25, 0.3) is 0 Å². The second-order valence-corrected chi connectivity index (χ2v) is 5.00. The number of ether oxygens (including phenoxy) is 2. The number of halogens is 1. The van der Waals surface area contributed by atoms with Gasteiger partial charge in [-0.3, -0.25) is 4.79 Å². The molecule has 1 fully saturated rings. The van der Waals surface area contributed by atoms with Gasteiger partial charge >= 0.3 is 0 Å². The predicted octanol–water partition coefficient (Wildman–Crippen LogP) is 2.05. The van der Waals surface area contributed by atoms with Gasteiger partial charge in [-0.1, -0.05) is 12.8 Å². The van der Waals surface area contributed by atoms with Crippen LogP contribution in [0, 0.1) is 5.82 Å². The summed E-state index contributed by atoms with van der Waals surface area (Å²) in [6.45, 7) is 0. The van der Waals surface area contributed by atoms with Gasteiger partial charge in [0.1, 0.15) is 0 Å². The van der Waals surface area contributed by atoms with Crippen molar-refractivity contribution in [2.24, 2.45) is 5.73 Å². The van der Waals surface area contributed by atoms with Crippen LogP contribution < -0.4 is 20.5 Å². The van der Waals surface area contributed by atoms with Crippen LogP contribution in [0.5, 0.6) is 11.5 Å². The molecular formula is C14H19FN2O3. The summed E-state index contributed by atoms with van der Waals surface area (Å²) < 4.78 is 24.0. The van der Waals surface area contributed by atoms with Gasteiger partial charge in [-0.05, 0) is 12.8 Å². The number of hydrogen-bond acceptors (Lipinski definition) is 4. The second kappa shape index (κ2) is 5.66. The molecule has 1 aromatic carbocycles. The van der Waals surface area contributed by atoms with Crippen LogP contribution in [0.3, 0.4) is 0 Å². The van der Waals surface area contributed by atoms with Crippen LogP contribution in [0.15, 0.2) is 12.1 Å². The Morgan fingerprint density at radius 2 is 1.80 bits per heavy atom. The van der Waals surface area contributed by atoms with Crippen LogP contribution in [0.1, 0.15) is 25.7 Å². The van der Waals surface area contributed by atoms with Crippen LogP contribution in [0.2, 0.25) is 0 Å². The molecular weight excluding hydrogens is 263 g/mol. The van der Waals surface area contributed by atoms with E-state index in [1.54, 1.807) is 0 Å². The average Bonchev–Trinajstić information content (AvgIpc) is 2.88. The second-order valence-electron chi connectivity index (χ2n) is 5.00. The van der Waals surface area contributed by atoms with Crippen molar-refractivity contribution in [3.05, 3.63) is 17.9 Å². The highest BCUT2D eigenvalue weighted by molar-refractivity contribution is 5.98. The van der Waals surface area contributed by atoms with E-state index < -0.39 is 11.4 Å². The average molecular weight is 282 g/mol. The van der Waals surface area contributed by atoms with Gasteiger partial charge in [-0.25, -0.2) is 4.39 Å². The first-order valence-corrected chi connectivity index (χ1v) is 6.52. The lowest BCUT2D eigenvalue weighted by Gasteiger charge is -2.22. The van der Waals surface area contributed by atoms with Crippen LogP contribution in [-0.4, -0.2) is 25.7 Å². The standard InChI is InChI=1S/C14H19FN2O3/c1-19-11-7-9(15)10(8-12(11)20-2)17-13(18)14(16)5-3-4-6-14/h7-8H,3-6,16H2,1-2H3,(H,17,18). The number of amides is 1. The van der Waals surface area contributed by atoms with E-state index in [1.165, 1.54) is 26.4 Å². The molecule has 1 aromatic rings. The Bertz CT molecular complexity index is 513. The maximum Gasteiger partial charge on any atom is 0.244 e. The van der Waals surface area contributed by atoms with Gasteiger partial charge in [-0.2, -0.15) is 0 Å². The third kappa shape index (κ3) is 2.70. The zero-order chi connectivity index (χ0) is 14.8. The Morgan fingerprint density at radius 3 is 2.35 bits per heavy atom. The summed E-state index contributed by atoms with van der Waals surface area (Å²) in [6, 6.07) is 2.57. The third-order valence-corrected chi connectivity index (χ3v) is 3.67. The molecule has 0 radical (unpaired) electrons. The highest BCUT2D eigenvalue weighted by Crippen LogP contribution is 2.34. The minimum Gasteiger partial charge on any atom is -0.493 e. The smallest absolute Gasteiger partial charge is 0.244 e. The van der Waals surface area contributed by atoms with Crippen molar-refractivity contribution in [2.75, 3.05) is 19.5 Å². The number of rotatable bonds is 4. The first-order chi connectivity index (χ1) is 9.50. The van der Waals surface area contributed by atoms with E-state index in [0.29, 0.717) is 18.6 Å². The molecule has 20 heavy (non-hydrogen) atoms. The van der Waals surface area contributed by atoms with Crippen molar-refractivity contribution in [1.82, 2.24) is 0 Å². The van der Waals surface area contributed by atoms with Gasteiger partial charge in [-0.15, -0.1) is 0 Å². The molecule has 6 heteroatoms. The van der Waals surface area contributed by atoms with E-state index in [1.807, 2.05) is 0 Å². The number of anilines is 1. The van der Waals surface area contributed by atoms with Crippen molar-refractivity contribution in [3.63, 3.8) is 0 Å². The van der Waals surface area contributed by atoms with E-state index in [4.69, 9.17) is 15.2 Å². The topological polar surface area (TPSA) is 73.6 Å². The summed E-state index contributed by atoms with van der Waals surface area (Å²) in [6.07, 6.45) is 3.07. The Kier molecular flexibility index (Phi) is 4.13. The van der Waals surface area contributed by atoms with Gasteiger partial charge in [0.2, 0.25) is 5.91 Å². The molecule has 1 saturated carbocycles. The van der Waals surface area contributed by atoms with E-state index in [9.17, 15) is 9.18 Å².